The van der Waals surface area contributed by atoms with Crippen molar-refractivity contribution in [2.24, 2.45) is 4.99 Å². The van der Waals surface area contributed by atoms with Gasteiger partial charge in [0, 0.05) is 22.9 Å². The Morgan fingerprint density at radius 2 is 1.39 bits per heavy atom. The average Bonchev–Trinajstić information content (AvgIpc) is 2.57. The molecule has 0 bridgehead atoms. The maximum absolute atomic E-state index is 14.2. The molecule has 152 valence electrons. The fourth-order valence-electron chi connectivity index (χ4n) is 2.74. The third-order valence-corrected chi connectivity index (χ3v) is 4.61. The molecule has 0 saturated carbocycles. The first-order valence-corrected chi connectivity index (χ1v) is 8.90. The molecule has 2 rings (SSSR count). The van der Waals surface area contributed by atoms with Gasteiger partial charge < -0.3 is 5.11 Å². The zero-order valence-corrected chi connectivity index (χ0v) is 17.1. The average molecular weight is 395 g/mol. The summed E-state index contributed by atoms with van der Waals surface area (Å²) in [6.07, 6.45) is 1.07. The molecular weight excluding hydrogens is 370 g/mol. The Labute approximate surface area is 162 Å². The van der Waals surface area contributed by atoms with Crippen LogP contribution < -0.4 is 0 Å². The van der Waals surface area contributed by atoms with E-state index in [1.54, 1.807) is 6.07 Å². The molecule has 0 aliphatic heterocycles. The van der Waals surface area contributed by atoms with Gasteiger partial charge in [0.25, 0.3) is 0 Å². The number of phenols is 1. The van der Waals surface area contributed by atoms with Crippen molar-refractivity contribution in [3.63, 3.8) is 0 Å². The van der Waals surface area contributed by atoms with E-state index in [-0.39, 0.29) is 16.7 Å². The van der Waals surface area contributed by atoms with Crippen LogP contribution in [0.4, 0.5) is 23.2 Å². The van der Waals surface area contributed by atoms with Crippen LogP contribution in [0.1, 0.15) is 63.8 Å². The van der Waals surface area contributed by atoms with Gasteiger partial charge >= 0.3 is 0 Å². The lowest BCUT2D eigenvalue weighted by Gasteiger charge is -2.27. The summed E-state index contributed by atoms with van der Waals surface area (Å²) in [5.41, 5.74) is -0.487. The van der Waals surface area contributed by atoms with E-state index in [4.69, 9.17) is 0 Å². The van der Waals surface area contributed by atoms with Gasteiger partial charge in [-0.1, -0.05) is 47.6 Å². The van der Waals surface area contributed by atoms with Crippen molar-refractivity contribution in [1.82, 2.24) is 0 Å². The predicted octanol–water partition coefficient (Wildman–Crippen LogP) is 6.60. The van der Waals surface area contributed by atoms with Crippen molar-refractivity contribution in [2.75, 3.05) is 0 Å². The highest BCUT2D eigenvalue weighted by atomic mass is 19.2. The smallest absolute Gasteiger partial charge is 0.197 e. The molecule has 0 radical (unpaired) electrons. The van der Waals surface area contributed by atoms with Gasteiger partial charge in [-0.25, -0.2) is 22.6 Å². The summed E-state index contributed by atoms with van der Waals surface area (Å²) in [5.74, 6) is -6.44. The fraction of sp³-hybridized carbons (Fsp3) is 0.409. The molecular formula is C22H25F4NO. The fourth-order valence-corrected chi connectivity index (χ4v) is 2.74. The number of phenolic OH excluding ortho intramolecular Hbond substituents is 1. The van der Waals surface area contributed by atoms with E-state index in [9.17, 15) is 22.7 Å². The van der Waals surface area contributed by atoms with Gasteiger partial charge in [-0.3, -0.25) is 0 Å². The number of halogens is 4. The maximum atomic E-state index is 14.2. The summed E-state index contributed by atoms with van der Waals surface area (Å²) in [6.45, 7) is 12.7. The molecule has 28 heavy (non-hydrogen) atoms. The lowest BCUT2D eigenvalue weighted by Crippen LogP contribution is -2.17. The zero-order chi connectivity index (χ0) is 21.6. The lowest BCUT2D eigenvalue weighted by atomic mass is 9.79. The lowest BCUT2D eigenvalue weighted by molar-refractivity contribution is 0.431. The van der Waals surface area contributed by atoms with Crippen LogP contribution in [0.2, 0.25) is 0 Å². The van der Waals surface area contributed by atoms with Crippen molar-refractivity contribution in [1.29, 1.82) is 0 Å². The van der Waals surface area contributed by atoms with Crippen LogP contribution in [-0.2, 0) is 10.8 Å². The number of aliphatic imine (C=N–C) groups is 1. The topological polar surface area (TPSA) is 32.6 Å². The molecule has 0 fully saturated rings. The quantitative estimate of drug-likeness (QED) is 0.264. The molecule has 2 nitrogen and oxygen atoms in total. The van der Waals surface area contributed by atoms with Crippen LogP contribution in [-0.4, -0.2) is 11.3 Å². The molecule has 2 aromatic rings. The summed E-state index contributed by atoms with van der Waals surface area (Å²) in [5, 5.41) is 10.7. The second-order valence-corrected chi connectivity index (χ2v) is 8.95. The van der Waals surface area contributed by atoms with Gasteiger partial charge in [0.1, 0.15) is 11.4 Å². The van der Waals surface area contributed by atoms with Gasteiger partial charge in [-0.2, -0.15) is 0 Å². The molecule has 0 aromatic heterocycles. The summed E-state index contributed by atoms with van der Waals surface area (Å²) >= 11 is 0. The number of rotatable bonds is 2. The molecule has 0 atom stereocenters. The van der Waals surface area contributed by atoms with Crippen molar-refractivity contribution in [2.45, 2.75) is 59.3 Å². The first-order valence-electron chi connectivity index (χ1n) is 8.90. The second-order valence-electron chi connectivity index (χ2n) is 8.95. The summed E-state index contributed by atoms with van der Waals surface area (Å²) < 4.78 is 55.4. The first kappa shape index (κ1) is 21.9. The van der Waals surface area contributed by atoms with E-state index >= 15 is 0 Å². The molecule has 0 heterocycles. The summed E-state index contributed by atoms with van der Waals surface area (Å²) in [6, 6.07) is 3.55. The van der Waals surface area contributed by atoms with Crippen LogP contribution >= 0.6 is 0 Å². The van der Waals surface area contributed by atoms with Crippen LogP contribution in [0.25, 0.3) is 0 Å². The third kappa shape index (κ3) is 4.05. The van der Waals surface area contributed by atoms with Crippen LogP contribution in [0, 0.1) is 30.2 Å². The molecule has 6 heteroatoms. The Morgan fingerprint density at radius 3 is 1.89 bits per heavy atom. The number of benzene rings is 2. The minimum Gasteiger partial charge on any atom is -0.507 e. The van der Waals surface area contributed by atoms with Crippen LogP contribution in [0.15, 0.2) is 17.1 Å². The molecule has 2 aromatic carbocycles. The Morgan fingerprint density at radius 1 is 0.821 bits per heavy atom. The summed E-state index contributed by atoms with van der Waals surface area (Å²) in [4.78, 5) is 3.70. The van der Waals surface area contributed by atoms with Crippen molar-refractivity contribution < 1.29 is 22.7 Å². The monoisotopic (exact) mass is 395 g/mol. The largest absolute Gasteiger partial charge is 0.507 e. The van der Waals surface area contributed by atoms with E-state index < -0.39 is 39.9 Å². The van der Waals surface area contributed by atoms with E-state index in [1.807, 2.05) is 47.6 Å². The molecule has 0 amide bonds. The Bertz CT molecular complexity index is 922. The minimum atomic E-state index is -1.78. The van der Waals surface area contributed by atoms with E-state index in [1.165, 1.54) is 0 Å². The summed E-state index contributed by atoms with van der Waals surface area (Å²) in [7, 11) is 0. The molecule has 1 N–H and O–H groups in total. The zero-order valence-electron chi connectivity index (χ0n) is 17.1. The van der Waals surface area contributed by atoms with Crippen molar-refractivity contribution in [3.8, 4) is 5.75 Å². The number of nitrogens with zero attached hydrogens (tertiary/aromatic N) is 1. The minimum absolute atomic E-state index is 0.0793. The van der Waals surface area contributed by atoms with Crippen molar-refractivity contribution in [3.05, 3.63) is 57.7 Å². The second kappa shape index (κ2) is 7.22. The highest BCUT2D eigenvalue weighted by molar-refractivity contribution is 5.87. The first-order chi connectivity index (χ1) is 12.7. The van der Waals surface area contributed by atoms with E-state index in [0.717, 1.165) is 18.7 Å². The van der Waals surface area contributed by atoms with Gasteiger partial charge in [0.15, 0.2) is 23.3 Å². The van der Waals surface area contributed by atoms with Crippen molar-refractivity contribution >= 4 is 11.9 Å². The molecule has 0 aliphatic carbocycles. The Hall–Kier alpha value is -2.37. The normalized spacial score (nSPS) is 12.8. The van der Waals surface area contributed by atoms with Gasteiger partial charge in [-0.05, 0) is 29.4 Å². The number of hydrogen-bond acceptors (Lipinski definition) is 2. The van der Waals surface area contributed by atoms with E-state index in [2.05, 4.69) is 4.99 Å². The maximum Gasteiger partial charge on any atom is 0.197 e. The molecule has 0 unspecified atom stereocenters. The number of hydrogen-bond donors (Lipinski definition) is 1. The predicted molar refractivity (Wildman–Crippen MR) is 104 cm³/mol. The Balaban J connectivity index is 2.71. The van der Waals surface area contributed by atoms with Crippen LogP contribution in [0.5, 0.6) is 5.75 Å². The standard InChI is InChI=1S/C22H25F4NO/c1-11-15(23)17(25)18(26)19(16(11)24)27-10-12-8-13(21(2,3)4)9-14(20(12)28)22(5,6)7/h8-10,28H,1-7H3. The third-order valence-electron chi connectivity index (χ3n) is 4.61. The highest BCUT2D eigenvalue weighted by Gasteiger charge is 2.25. The van der Waals surface area contributed by atoms with E-state index in [0.29, 0.717) is 5.56 Å². The Kier molecular flexibility index (Phi) is 5.66. The molecule has 0 aliphatic rings. The van der Waals surface area contributed by atoms with Gasteiger partial charge in [0.05, 0.1) is 0 Å². The highest BCUT2D eigenvalue weighted by Crippen LogP contribution is 2.37. The SMILES string of the molecule is Cc1c(F)c(F)c(F)c(N=Cc2cc(C(C)(C)C)cc(C(C)(C)C)c2O)c1F. The van der Waals surface area contributed by atoms with Gasteiger partial charge in [-0.15, -0.1) is 0 Å². The number of aromatic hydroxyl groups is 1. The molecule has 0 saturated heterocycles. The van der Waals surface area contributed by atoms with Gasteiger partial charge in [0.2, 0.25) is 0 Å². The van der Waals surface area contributed by atoms with Crippen LogP contribution in [0.3, 0.4) is 0 Å². The molecule has 0 spiro atoms.